The minimum atomic E-state index is -0.543. The Morgan fingerprint density at radius 2 is 1.97 bits per heavy atom. The molecule has 2 aromatic rings. The van der Waals surface area contributed by atoms with E-state index in [1.54, 1.807) is 17.0 Å². The standard InChI is InChI=1S/C28H34FN5O3/c1-26(2,3)37-25(35)34-15-28(16-34)9-10-33(14-28)24-17(12-30)22(23-19(29)7-6-8-20(23)31)18-13-36-27(4,5)11-21(18)32-24/h6-8H,9-11,13-16,31H2,1-5H3. The van der Waals surface area contributed by atoms with Crippen LogP contribution in [0, 0.1) is 22.6 Å². The maximum Gasteiger partial charge on any atom is 0.410 e. The molecule has 0 radical (unpaired) electrons. The highest BCUT2D eigenvalue weighted by atomic mass is 19.1. The summed E-state index contributed by atoms with van der Waals surface area (Å²) in [6.07, 6.45) is 1.09. The number of nitrogen functional groups attached to an aromatic ring is 1. The lowest BCUT2D eigenvalue weighted by molar-refractivity contribution is -0.0410. The number of nitrogens with zero attached hydrogens (tertiary/aromatic N) is 4. The lowest BCUT2D eigenvalue weighted by Gasteiger charge is -2.47. The number of likely N-dealkylation sites (tertiary alicyclic amines) is 1. The van der Waals surface area contributed by atoms with Crippen molar-refractivity contribution in [1.82, 2.24) is 9.88 Å². The second-order valence-electron chi connectivity index (χ2n) is 12.2. The summed E-state index contributed by atoms with van der Waals surface area (Å²) in [5.74, 6) is 0.0646. The first-order valence-corrected chi connectivity index (χ1v) is 12.7. The molecule has 1 spiro atoms. The van der Waals surface area contributed by atoms with E-state index in [9.17, 15) is 10.1 Å². The molecule has 1 aromatic heterocycles. The first-order chi connectivity index (χ1) is 17.3. The van der Waals surface area contributed by atoms with Gasteiger partial charge in [0.05, 0.1) is 17.9 Å². The summed E-state index contributed by atoms with van der Waals surface area (Å²) in [7, 11) is 0. The zero-order valence-electron chi connectivity index (χ0n) is 22.2. The van der Waals surface area contributed by atoms with E-state index in [0.29, 0.717) is 55.1 Å². The average Bonchev–Trinajstić information content (AvgIpc) is 3.21. The van der Waals surface area contributed by atoms with Crippen LogP contribution in [0.4, 0.5) is 20.7 Å². The average molecular weight is 508 g/mol. The van der Waals surface area contributed by atoms with Gasteiger partial charge in [0.15, 0.2) is 0 Å². The minimum Gasteiger partial charge on any atom is -0.444 e. The van der Waals surface area contributed by atoms with Gasteiger partial charge in [-0.3, -0.25) is 0 Å². The number of hydrogen-bond acceptors (Lipinski definition) is 7. The van der Waals surface area contributed by atoms with E-state index in [1.165, 1.54) is 6.07 Å². The summed E-state index contributed by atoms with van der Waals surface area (Å²) in [6.45, 7) is 12.3. The Hall–Kier alpha value is -3.38. The maximum atomic E-state index is 15.2. The summed E-state index contributed by atoms with van der Waals surface area (Å²) in [6, 6.07) is 6.88. The molecule has 8 nitrogen and oxygen atoms in total. The van der Waals surface area contributed by atoms with Gasteiger partial charge in [-0.15, -0.1) is 0 Å². The van der Waals surface area contributed by atoms with Gasteiger partial charge in [0.2, 0.25) is 0 Å². The summed E-state index contributed by atoms with van der Waals surface area (Å²) in [5.41, 5.74) is 7.97. The molecule has 0 unspecified atom stereocenters. The first kappa shape index (κ1) is 25.3. The van der Waals surface area contributed by atoms with Gasteiger partial charge in [-0.25, -0.2) is 14.2 Å². The quantitative estimate of drug-likeness (QED) is 0.591. The van der Waals surface area contributed by atoms with Gasteiger partial charge < -0.3 is 25.0 Å². The molecule has 4 heterocycles. The number of carbonyl (C=O) groups is 1. The van der Waals surface area contributed by atoms with Crippen molar-refractivity contribution in [1.29, 1.82) is 5.26 Å². The summed E-state index contributed by atoms with van der Waals surface area (Å²) >= 11 is 0. The van der Waals surface area contributed by atoms with E-state index in [0.717, 1.165) is 12.1 Å². The predicted molar refractivity (Wildman–Crippen MR) is 138 cm³/mol. The minimum absolute atomic E-state index is 0.0826. The number of benzene rings is 1. The zero-order chi connectivity index (χ0) is 26.8. The van der Waals surface area contributed by atoms with Gasteiger partial charge in [-0.05, 0) is 53.2 Å². The van der Waals surface area contributed by atoms with Crippen molar-refractivity contribution >= 4 is 17.6 Å². The maximum absolute atomic E-state index is 15.2. The Bertz CT molecular complexity index is 1280. The van der Waals surface area contributed by atoms with Crippen LogP contribution in [-0.2, 0) is 22.5 Å². The van der Waals surface area contributed by atoms with Crippen LogP contribution in [0.15, 0.2) is 18.2 Å². The Morgan fingerprint density at radius 1 is 1.24 bits per heavy atom. The molecule has 3 aliphatic heterocycles. The van der Waals surface area contributed by atoms with Gasteiger partial charge in [-0.1, -0.05) is 6.07 Å². The second-order valence-corrected chi connectivity index (χ2v) is 12.2. The molecule has 37 heavy (non-hydrogen) atoms. The number of pyridine rings is 1. The highest BCUT2D eigenvalue weighted by molar-refractivity contribution is 5.87. The van der Waals surface area contributed by atoms with Gasteiger partial charge >= 0.3 is 6.09 Å². The molecule has 0 atom stereocenters. The highest BCUT2D eigenvalue weighted by Crippen LogP contribution is 2.46. The Morgan fingerprint density at radius 3 is 2.62 bits per heavy atom. The van der Waals surface area contributed by atoms with Crippen LogP contribution in [0.3, 0.4) is 0 Å². The molecule has 1 amide bonds. The smallest absolute Gasteiger partial charge is 0.410 e. The molecule has 1 aromatic carbocycles. The number of nitrogens with two attached hydrogens (primary N) is 1. The molecular formula is C28H34FN5O3. The van der Waals surface area contributed by atoms with Gasteiger partial charge in [0.25, 0.3) is 0 Å². The van der Waals surface area contributed by atoms with E-state index in [2.05, 4.69) is 11.0 Å². The third-order valence-corrected chi connectivity index (χ3v) is 7.41. The number of hydrogen-bond donors (Lipinski definition) is 1. The van der Waals surface area contributed by atoms with Crippen LogP contribution in [0.1, 0.15) is 57.9 Å². The van der Waals surface area contributed by atoms with Crippen molar-refractivity contribution in [3.8, 4) is 17.2 Å². The molecule has 2 fully saturated rings. The molecule has 196 valence electrons. The van der Waals surface area contributed by atoms with Crippen molar-refractivity contribution in [2.24, 2.45) is 5.41 Å². The third kappa shape index (κ3) is 4.59. The molecule has 5 rings (SSSR count). The fraction of sp³-hybridized carbons (Fsp3) is 0.536. The number of fused-ring (bicyclic) bond motifs is 1. The van der Waals surface area contributed by atoms with Gasteiger partial charge in [-0.2, -0.15) is 5.26 Å². The van der Waals surface area contributed by atoms with Gasteiger partial charge in [0, 0.05) is 60.4 Å². The monoisotopic (exact) mass is 507 g/mol. The fourth-order valence-corrected chi connectivity index (χ4v) is 5.69. The van der Waals surface area contributed by atoms with E-state index < -0.39 is 17.0 Å². The Balaban J connectivity index is 1.52. The van der Waals surface area contributed by atoms with Crippen LogP contribution in [0.2, 0.25) is 0 Å². The van der Waals surface area contributed by atoms with Gasteiger partial charge in [0.1, 0.15) is 28.9 Å². The van der Waals surface area contributed by atoms with E-state index in [1.807, 2.05) is 34.6 Å². The molecule has 0 bridgehead atoms. The molecule has 2 N–H and O–H groups in total. The molecule has 0 aliphatic carbocycles. The molecular weight excluding hydrogens is 473 g/mol. The second kappa shape index (κ2) is 8.59. The third-order valence-electron chi connectivity index (χ3n) is 7.41. The molecule has 9 heteroatoms. The van der Waals surface area contributed by atoms with Crippen molar-refractivity contribution < 1.29 is 18.7 Å². The summed E-state index contributed by atoms with van der Waals surface area (Å²) in [5, 5.41) is 10.3. The number of rotatable bonds is 2. The van der Waals surface area contributed by atoms with E-state index in [4.69, 9.17) is 20.2 Å². The number of nitriles is 1. The van der Waals surface area contributed by atoms with Crippen LogP contribution in [0.5, 0.6) is 0 Å². The topological polar surface area (TPSA) is 105 Å². The molecule has 3 aliphatic rings. The van der Waals surface area contributed by atoms with Crippen molar-refractivity contribution in [2.75, 3.05) is 36.8 Å². The lowest BCUT2D eigenvalue weighted by atomic mass is 9.79. The van der Waals surface area contributed by atoms with Crippen molar-refractivity contribution in [3.63, 3.8) is 0 Å². The van der Waals surface area contributed by atoms with Crippen LogP contribution < -0.4 is 10.6 Å². The Kier molecular flexibility index (Phi) is 5.87. The number of amides is 1. The highest BCUT2D eigenvalue weighted by Gasteiger charge is 2.51. The van der Waals surface area contributed by atoms with Crippen LogP contribution in [0.25, 0.3) is 11.1 Å². The van der Waals surface area contributed by atoms with E-state index in [-0.39, 0.29) is 29.4 Å². The normalized spacial score (nSPS) is 19.8. The molecule has 2 saturated heterocycles. The number of carbonyl (C=O) groups excluding carboxylic acids is 1. The number of anilines is 2. The van der Waals surface area contributed by atoms with E-state index >= 15 is 4.39 Å². The SMILES string of the molecule is CC(C)(C)OC(=O)N1CC2(CCN(c3nc4c(c(-c5c(N)cccc5F)c3C#N)COC(C)(C)C4)C2)C1. The van der Waals surface area contributed by atoms with Crippen molar-refractivity contribution in [3.05, 3.63) is 40.8 Å². The van der Waals surface area contributed by atoms with Crippen LogP contribution in [-0.4, -0.2) is 53.4 Å². The Labute approximate surface area is 217 Å². The summed E-state index contributed by atoms with van der Waals surface area (Å²) < 4.78 is 26.8. The summed E-state index contributed by atoms with van der Waals surface area (Å²) in [4.78, 5) is 21.3. The largest absolute Gasteiger partial charge is 0.444 e. The van der Waals surface area contributed by atoms with Crippen LogP contribution >= 0.6 is 0 Å². The number of ether oxygens (including phenoxy) is 2. The first-order valence-electron chi connectivity index (χ1n) is 12.7. The molecule has 0 saturated carbocycles. The lowest BCUT2D eigenvalue weighted by Crippen LogP contribution is -2.60. The fourth-order valence-electron chi connectivity index (χ4n) is 5.69. The van der Waals surface area contributed by atoms with Crippen molar-refractivity contribution in [2.45, 2.75) is 65.3 Å². The zero-order valence-corrected chi connectivity index (χ0v) is 22.2. The number of halogens is 1. The number of aromatic nitrogens is 1. The predicted octanol–water partition coefficient (Wildman–Crippen LogP) is 4.64.